The Morgan fingerprint density at radius 3 is 2.42 bits per heavy atom. The summed E-state index contributed by atoms with van der Waals surface area (Å²) in [6.45, 7) is 0. The van der Waals surface area contributed by atoms with Gasteiger partial charge in [-0.3, -0.25) is 0 Å². The topological polar surface area (TPSA) is 23.0 Å². The van der Waals surface area contributed by atoms with E-state index in [2.05, 4.69) is 0 Å². The zero-order valence-electron chi connectivity index (χ0n) is 6.47. The van der Waals surface area contributed by atoms with Crippen LogP contribution in [0.5, 0.6) is 0 Å². The van der Waals surface area contributed by atoms with E-state index in [0.717, 1.165) is 9.81 Å². The van der Waals surface area contributed by atoms with Crippen molar-refractivity contribution in [1.29, 1.82) is 0 Å². The summed E-state index contributed by atoms with van der Waals surface area (Å²) in [6.07, 6.45) is 1.50. The highest BCUT2D eigenvalue weighted by atomic mass is 16.3. The molecule has 1 heterocycles. The third-order valence-corrected chi connectivity index (χ3v) is 1.78. The molecule has 0 aliphatic carbocycles. The molecule has 0 spiro atoms. The average Bonchev–Trinajstić information content (AvgIpc) is 2.29. The van der Waals surface area contributed by atoms with E-state index in [4.69, 9.17) is 0 Å². The summed E-state index contributed by atoms with van der Waals surface area (Å²) in [5.41, 5.74) is 0.697. The monoisotopic (exact) mass is 158 g/mol. The Labute approximate surface area is 69.7 Å². The Morgan fingerprint density at radius 1 is 0.917 bits per heavy atom. The Balaban J connectivity index is 3.06. The summed E-state index contributed by atoms with van der Waals surface area (Å²) >= 11 is 0. The van der Waals surface area contributed by atoms with Crippen molar-refractivity contribution in [3.63, 3.8) is 0 Å². The minimum Gasteiger partial charge on any atom is -0.0612 e. The number of rotatable bonds is 0. The highest BCUT2D eigenvalue weighted by Crippen LogP contribution is 2.05. The van der Waals surface area contributed by atoms with Gasteiger partial charge in [-0.1, -0.05) is 18.2 Å². The fourth-order valence-corrected chi connectivity index (χ4v) is 1.20. The molecule has 2 nitrogen and oxygen atoms in total. The van der Waals surface area contributed by atoms with Crippen LogP contribution in [0.4, 0.5) is 0 Å². The molecule has 0 saturated carbocycles. The van der Waals surface area contributed by atoms with Crippen molar-refractivity contribution >= 4 is 10.9 Å². The van der Waals surface area contributed by atoms with E-state index in [1.54, 1.807) is 6.07 Å². The molecule has 0 N–H and O–H groups in total. The summed E-state index contributed by atoms with van der Waals surface area (Å²) < 4.78 is 0.870. The lowest BCUT2D eigenvalue weighted by Gasteiger charge is -1.80. The molecule has 1 aromatic carbocycles. The van der Waals surface area contributed by atoms with E-state index >= 15 is 0 Å². The Kier molecular flexibility index (Phi) is 1.59. The maximum absolute atomic E-state index is 11.3. The number of fused-ring (bicyclic) bond motifs is 1. The van der Waals surface area contributed by atoms with Crippen molar-refractivity contribution in [3.8, 4) is 0 Å². The second-order valence-corrected chi connectivity index (χ2v) is 2.59. The number of para-hydroxylation sites is 1. The second-order valence-electron chi connectivity index (χ2n) is 2.59. The van der Waals surface area contributed by atoms with Crippen LogP contribution in [0.3, 0.4) is 0 Å². The van der Waals surface area contributed by atoms with E-state index in [1.165, 1.54) is 6.20 Å². The lowest BCUT2D eigenvalue weighted by molar-refractivity contribution is -0.463. The number of hydrogen-bond acceptors (Lipinski definition) is 1. The van der Waals surface area contributed by atoms with E-state index in [-0.39, 0.29) is 0 Å². The first-order chi connectivity index (χ1) is 5.88. The van der Waals surface area contributed by atoms with Gasteiger partial charge in [-0.15, -0.1) is 0 Å². The van der Waals surface area contributed by atoms with Crippen LogP contribution in [0, 0.1) is 4.91 Å². The molecule has 2 rings (SSSR count). The van der Waals surface area contributed by atoms with Crippen molar-refractivity contribution in [2.45, 2.75) is 0 Å². The predicted octanol–water partition coefficient (Wildman–Crippen LogP) is 1.75. The molecule has 0 aliphatic rings. The Hall–Kier alpha value is -1.70. The molecule has 0 aliphatic heterocycles. The maximum Gasteiger partial charge on any atom is 0.269 e. The summed E-state index contributed by atoms with van der Waals surface area (Å²) in [4.78, 5) is 11.3. The number of nitrogens with zero attached hydrogens (tertiary/aromatic N) is 1. The smallest absolute Gasteiger partial charge is 0.0612 e. The van der Waals surface area contributed by atoms with Crippen LogP contribution in [0.15, 0.2) is 48.7 Å². The highest BCUT2D eigenvalue weighted by Gasteiger charge is 1.99. The minimum absolute atomic E-state index is 0.697. The van der Waals surface area contributed by atoms with Crippen LogP contribution in [0.2, 0.25) is 0 Å². The molecule has 12 heavy (non-hydrogen) atoms. The standard InChI is InChI=1S/C10H8NO/c12-11-8-4-3-6-9-5-1-2-7-10(9)11/h1-8H/q+1. The van der Waals surface area contributed by atoms with Gasteiger partial charge in [-0.2, -0.15) is 0 Å². The molecule has 58 valence electrons. The van der Waals surface area contributed by atoms with Gasteiger partial charge in [-0.25, -0.2) is 0 Å². The summed E-state index contributed by atoms with van der Waals surface area (Å²) in [5, 5.41) is 0.956. The molecule has 2 heteroatoms. The molecule has 0 atom stereocenters. The minimum atomic E-state index is 0.697. The van der Waals surface area contributed by atoms with Crippen LogP contribution in [0.1, 0.15) is 0 Å². The molecule has 0 amide bonds. The quantitative estimate of drug-likeness (QED) is 0.536. The number of aromatic nitrogens is 1. The van der Waals surface area contributed by atoms with Gasteiger partial charge in [0.15, 0.2) is 0 Å². The van der Waals surface area contributed by atoms with Crippen LogP contribution >= 0.6 is 0 Å². The molecule has 1 aromatic heterocycles. The zero-order chi connectivity index (χ0) is 8.39. The van der Waals surface area contributed by atoms with Crippen molar-refractivity contribution in [3.05, 3.63) is 53.6 Å². The van der Waals surface area contributed by atoms with Crippen LogP contribution in [-0.4, -0.2) is 0 Å². The van der Waals surface area contributed by atoms with E-state index in [1.807, 2.05) is 36.4 Å². The first-order valence-corrected chi connectivity index (χ1v) is 3.78. The first-order valence-electron chi connectivity index (χ1n) is 3.78. The highest BCUT2D eigenvalue weighted by molar-refractivity contribution is 5.74. The van der Waals surface area contributed by atoms with Gasteiger partial charge >= 0.3 is 0 Å². The Bertz CT molecular complexity index is 465. The van der Waals surface area contributed by atoms with Gasteiger partial charge in [0.25, 0.3) is 5.52 Å². The van der Waals surface area contributed by atoms with Gasteiger partial charge in [0.2, 0.25) is 6.20 Å². The summed E-state index contributed by atoms with van der Waals surface area (Å²) in [6, 6.07) is 13.0. The van der Waals surface area contributed by atoms with Crippen LogP contribution in [-0.2, 0) is 0 Å². The fourth-order valence-electron chi connectivity index (χ4n) is 1.20. The lowest BCUT2D eigenvalue weighted by atomic mass is 10.2. The van der Waals surface area contributed by atoms with Crippen molar-refractivity contribution in [2.75, 3.05) is 0 Å². The largest absolute Gasteiger partial charge is 0.269 e. The van der Waals surface area contributed by atoms with E-state index in [9.17, 15) is 4.91 Å². The molecule has 0 unspecified atom stereocenters. The Morgan fingerprint density at radius 2 is 1.58 bits per heavy atom. The maximum atomic E-state index is 11.3. The van der Waals surface area contributed by atoms with Gasteiger partial charge < -0.3 is 0 Å². The molecule has 0 saturated heterocycles. The predicted molar refractivity (Wildman–Crippen MR) is 47.3 cm³/mol. The number of hydrogen-bond donors (Lipinski definition) is 0. The first kappa shape index (κ1) is 6.98. The van der Waals surface area contributed by atoms with Gasteiger partial charge in [0.1, 0.15) is 0 Å². The normalized spacial score (nSPS) is 10.0. The number of benzene rings is 1. The van der Waals surface area contributed by atoms with Crippen LogP contribution < -0.4 is 4.43 Å². The molecule has 0 bridgehead atoms. The third-order valence-electron chi connectivity index (χ3n) is 1.78. The van der Waals surface area contributed by atoms with E-state index < -0.39 is 0 Å². The molecular formula is C10H8NO+. The lowest BCUT2D eigenvalue weighted by Crippen LogP contribution is -2.10. The molecule has 2 aromatic rings. The average molecular weight is 158 g/mol. The second kappa shape index (κ2) is 2.74. The van der Waals surface area contributed by atoms with E-state index in [0.29, 0.717) is 5.52 Å². The van der Waals surface area contributed by atoms with Gasteiger partial charge in [0, 0.05) is 17.0 Å². The van der Waals surface area contributed by atoms with Crippen molar-refractivity contribution in [2.24, 2.45) is 0 Å². The third kappa shape index (κ3) is 1.07. The molecule has 0 fully saturated rings. The fraction of sp³-hybridized carbons (Fsp3) is 0. The summed E-state index contributed by atoms with van der Waals surface area (Å²) in [7, 11) is 0. The van der Waals surface area contributed by atoms with Gasteiger partial charge in [0.05, 0.1) is 9.81 Å². The van der Waals surface area contributed by atoms with Crippen molar-refractivity contribution in [1.82, 2.24) is 0 Å². The molecule has 0 radical (unpaired) electrons. The molecular weight excluding hydrogens is 150 g/mol. The van der Waals surface area contributed by atoms with Crippen LogP contribution in [0.25, 0.3) is 10.9 Å². The van der Waals surface area contributed by atoms with Crippen molar-refractivity contribution < 1.29 is 4.43 Å². The summed E-state index contributed by atoms with van der Waals surface area (Å²) in [5.74, 6) is 0. The zero-order valence-corrected chi connectivity index (χ0v) is 6.47. The van der Waals surface area contributed by atoms with Gasteiger partial charge in [-0.05, 0) is 12.1 Å². The SMILES string of the molecule is O=[n+]1ccccc2ccccc21.